The fourth-order valence-electron chi connectivity index (χ4n) is 2.21. The summed E-state index contributed by atoms with van der Waals surface area (Å²) in [5.74, 6) is 0. The van der Waals surface area contributed by atoms with Crippen LogP contribution in [0.1, 0.15) is 24.0 Å². The molecule has 110 valence electrons. The van der Waals surface area contributed by atoms with Crippen LogP contribution in [0, 0.1) is 13.8 Å². The maximum atomic E-state index is 12.2. The van der Waals surface area contributed by atoms with Crippen molar-refractivity contribution >= 4 is 10.0 Å². The molecule has 0 amide bonds. The topological polar surface area (TPSA) is 58.2 Å². The number of rotatable bonds is 5. The molecular weight excluding hydrogens is 272 g/mol. The quantitative estimate of drug-likeness (QED) is 0.815. The van der Waals surface area contributed by atoms with Crippen LogP contribution in [0.2, 0.25) is 0 Å². The van der Waals surface area contributed by atoms with Crippen molar-refractivity contribution in [1.29, 1.82) is 0 Å². The highest BCUT2D eigenvalue weighted by molar-refractivity contribution is 7.89. The molecular formula is C15H22N2O2S. The van der Waals surface area contributed by atoms with Crippen LogP contribution in [0.3, 0.4) is 0 Å². The van der Waals surface area contributed by atoms with Crippen LogP contribution in [0.15, 0.2) is 34.7 Å². The molecule has 0 aliphatic carbocycles. The van der Waals surface area contributed by atoms with Gasteiger partial charge in [0.2, 0.25) is 10.0 Å². The Labute approximate surface area is 121 Å². The van der Waals surface area contributed by atoms with Crippen molar-refractivity contribution in [3.8, 4) is 0 Å². The van der Waals surface area contributed by atoms with E-state index in [2.05, 4.69) is 16.1 Å². The van der Waals surface area contributed by atoms with Gasteiger partial charge < -0.3 is 5.32 Å². The molecule has 2 rings (SSSR count). The van der Waals surface area contributed by atoms with Crippen molar-refractivity contribution in [3.05, 3.63) is 41.0 Å². The molecule has 1 aromatic carbocycles. The molecule has 0 spiro atoms. The molecule has 0 saturated heterocycles. The molecule has 4 nitrogen and oxygen atoms in total. The Morgan fingerprint density at radius 3 is 2.70 bits per heavy atom. The van der Waals surface area contributed by atoms with Crippen LogP contribution < -0.4 is 10.0 Å². The van der Waals surface area contributed by atoms with Gasteiger partial charge >= 0.3 is 0 Å². The molecule has 1 aliphatic heterocycles. The molecule has 1 aliphatic rings. The first-order valence-electron chi connectivity index (χ1n) is 6.94. The van der Waals surface area contributed by atoms with Gasteiger partial charge in [-0.2, -0.15) is 0 Å². The van der Waals surface area contributed by atoms with Crippen molar-refractivity contribution in [2.45, 2.75) is 31.6 Å². The summed E-state index contributed by atoms with van der Waals surface area (Å²) in [6.45, 7) is 6.23. The van der Waals surface area contributed by atoms with E-state index in [0.717, 1.165) is 37.1 Å². The largest absolute Gasteiger partial charge is 0.313 e. The summed E-state index contributed by atoms with van der Waals surface area (Å²) in [7, 11) is -3.39. The number of hydrogen-bond acceptors (Lipinski definition) is 3. The summed E-state index contributed by atoms with van der Waals surface area (Å²) >= 11 is 0. The number of nitrogens with one attached hydrogen (secondary N) is 2. The number of hydrogen-bond donors (Lipinski definition) is 2. The minimum Gasteiger partial charge on any atom is -0.313 e. The molecule has 2 N–H and O–H groups in total. The highest BCUT2D eigenvalue weighted by Crippen LogP contribution is 2.15. The Balaban J connectivity index is 1.96. The third-order valence-electron chi connectivity index (χ3n) is 3.68. The molecule has 0 bridgehead atoms. The predicted molar refractivity (Wildman–Crippen MR) is 81.3 cm³/mol. The lowest BCUT2D eigenvalue weighted by molar-refractivity contribution is 0.579. The SMILES string of the molecule is Cc1ccc(S(=O)(=O)NCCC2=CCNCC2)cc1C. The van der Waals surface area contributed by atoms with Crippen LogP contribution in [0.5, 0.6) is 0 Å². The van der Waals surface area contributed by atoms with E-state index >= 15 is 0 Å². The van der Waals surface area contributed by atoms with Gasteiger partial charge in [0.25, 0.3) is 0 Å². The highest BCUT2D eigenvalue weighted by atomic mass is 32.2. The van der Waals surface area contributed by atoms with Crippen LogP contribution in [0.25, 0.3) is 0 Å². The maximum absolute atomic E-state index is 12.2. The van der Waals surface area contributed by atoms with Gasteiger partial charge in [0, 0.05) is 13.1 Å². The fraction of sp³-hybridized carbons (Fsp3) is 0.467. The molecule has 0 fully saturated rings. The zero-order chi connectivity index (χ0) is 14.6. The smallest absolute Gasteiger partial charge is 0.240 e. The lowest BCUT2D eigenvalue weighted by Gasteiger charge is -2.14. The van der Waals surface area contributed by atoms with Gasteiger partial charge in [-0.15, -0.1) is 0 Å². The molecule has 1 heterocycles. The second-order valence-corrected chi connectivity index (χ2v) is 6.98. The molecule has 0 radical (unpaired) electrons. The number of benzene rings is 1. The van der Waals surface area contributed by atoms with Crippen LogP contribution >= 0.6 is 0 Å². The van der Waals surface area contributed by atoms with Gasteiger partial charge in [-0.3, -0.25) is 0 Å². The zero-order valence-corrected chi connectivity index (χ0v) is 12.9. The van der Waals surface area contributed by atoms with Gasteiger partial charge in [-0.25, -0.2) is 13.1 Å². The van der Waals surface area contributed by atoms with Crippen molar-refractivity contribution in [2.75, 3.05) is 19.6 Å². The lowest BCUT2D eigenvalue weighted by Crippen LogP contribution is -2.27. The predicted octanol–water partition coefficient (Wildman–Crippen LogP) is 1.89. The van der Waals surface area contributed by atoms with E-state index in [1.807, 2.05) is 19.9 Å². The number of aryl methyl sites for hydroxylation is 2. The van der Waals surface area contributed by atoms with E-state index in [1.165, 1.54) is 5.57 Å². The molecule has 20 heavy (non-hydrogen) atoms. The van der Waals surface area contributed by atoms with E-state index in [4.69, 9.17) is 0 Å². The molecule has 0 atom stereocenters. The summed E-state index contributed by atoms with van der Waals surface area (Å²) in [4.78, 5) is 0.347. The molecule has 5 heteroatoms. The van der Waals surface area contributed by atoms with Gasteiger partial charge in [-0.05, 0) is 56.5 Å². The fourth-order valence-corrected chi connectivity index (χ4v) is 3.32. The normalized spacial score (nSPS) is 16.0. The molecule has 0 aromatic heterocycles. The average molecular weight is 294 g/mol. The van der Waals surface area contributed by atoms with Gasteiger partial charge in [-0.1, -0.05) is 17.7 Å². The van der Waals surface area contributed by atoms with Crippen LogP contribution in [-0.2, 0) is 10.0 Å². The van der Waals surface area contributed by atoms with Gasteiger partial charge in [0.1, 0.15) is 0 Å². The summed E-state index contributed by atoms with van der Waals surface area (Å²) in [6, 6.07) is 5.23. The Morgan fingerprint density at radius 1 is 1.25 bits per heavy atom. The van der Waals surface area contributed by atoms with Gasteiger partial charge in [0.15, 0.2) is 0 Å². The van der Waals surface area contributed by atoms with Crippen LogP contribution in [-0.4, -0.2) is 28.1 Å². The van der Waals surface area contributed by atoms with Crippen LogP contribution in [0.4, 0.5) is 0 Å². The summed E-state index contributed by atoms with van der Waals surface area (Å²) < 4.78 is 27.1. The maximum Gasteiger partial charge on any atom is 0.240 e. The standard InChI is InChI=1S/C15H22N2O2S/c1-12-3-4-15(11-13(12)2)20(18,19)17-10-7-14-5-8-16-9-6-14/h3-5,11,16-17H,6-10H2,1-2H3. The van der Waals surface area contributed by atoms with E-state index < -0.39 is 10.0 Å². The summed E-state index contributed by atoms with van der Waals surface area (Å²) in [6.07, 6.45) is 3.94. The summed E-state index contributed by atoms with van der Waals surface area (Å²) in [5.41, 5.74) is 3.42. The third kappa shape index (κ3) is 3.91. The minimum atomic E-state index is -3.39. The third-order valence-corrected chi connectivity index (χ3v) is 5.14. The first kappa shape index (κ1) is 15.2. The molecule has 1 aromatic rings. The van der Waals surface area contributed by atoms with Crippen molar-refractivity contribution in [3.63, 3.8) is 0 Å². The second-order valence-electron chi connectivity index (χ2n) is 5.21. The van der Waals surface area contributed by atoms with Crippen molar-refractivity contribution < 1.29 is 8.42 Å². The Hall–Kier alpha value is -1.17. The second kappa shape index (κ2) is 6.52. The van der Waals surface area contributed by atoms with Gasteiger partial charge in [0.05, 0.1) is 4.90 Å². The Morgan fingerprint density at radius 2 is 2.05 bits per heavy atom. The highest BCUT2D eigenvalue weighted by Gasteiger charge is 2.14. The van der Waals surface area contributed by atoms with Crippen molar-refractivity contribution in [2.24, 2.45) is 0 Å². The molecule has 0 saturated carbocycles. The summed E-state index contributed by atoms with van der Waals surface area (Å²) in [5, 5.41) is 3.24. The van der Waals surface area contributed by atoms with Crippen molar-refractivity contribution in [1.82, 2.24) is 10.0 Å². The van der Waals surface area contributed by atoms with E-state index in [-0.39, 0.29) is 0 Å². The Kier molecular flexibility index (Phi) is 4.96. The first-order valence-corrected chi connectivity index (χ1v) is 8.43. The molecule has 0 unspecified atom stereocenters. The lowest BCUT2D eigenvalue weighted by atomic mass is 10.1. The first-order chi connectivity index (χ1) is 9.49. The van der Waals surface area contributed by atoms with E-state index in [1.54, 1.807) is 12.1 Å². The number of sulfonamides is 1. The Bertz CT molecular complexity index is 606. The monoisotopic (exact) mass is 294 g/mol. The van der Waals surface area contributed by atoms with E-state index in [0.29, 0.717) is 11.4 Å². The minimum absolute atomic E-state index is 0.347. The van der Waals surface area contributed by atoms with E-state index in [9.17, 15) is 8.42 Å². The average Bonchev–Trinajstić information content (AvgIpc) is 2.43. The zero-order valence-electron chi connectivity index (χ0n) is 12.1.